The van der Waals surface area contributed by atoms with Crippen molar-refractivity contribution in [2.75, 3.05) is 0 Å². The Labute approximate surface area is 135 Å². The molecule has 1 aliphatic carbocycles. The minimum absolute atomic E-state index is 0.209. The van der Waals surface area contributed by atoms with Crippen LogP contribution in [0.4, 0.5) is 0 Å². The van der Waals surface area contributed by atoms with Crippen molar-refractivity contribution in [2.45, 2.75) is 19.8 Å². The molecule has 114 valence electrons. The lowest BCUT2D eigenvalue weighted by molar-refractivity contribution is 0.471. The number of rotatable bonds is 1. The summed E-state index contributed by atoms with van der Waals surface area (Å²) in [6.45, 7) is 2.04. The maximum absolute atomic E-state index is 10.8. The van der Waals surface area contributed by atoms with E-state index in [4.69, 9.17) is 0 Å². The van der Waals surface area contributed by atoms with Crippen LogP contribution in [0.1, 0.15) is 23.1 Å². The molecule has 1 aliphatic rings. The van der Waals surface area contributed by atoms with Crippen LogP contribution in [0.3, 0.4) is 0 Å². The van der Waals surface area contributed by atoms with E-state index in [1.54, 1.807) is 6.07 Å². The Hall–Kier alpha value is -2.74. The van der Waals surface area contributed by atoms with Crippen molar-refractivity contribution in [2.24, 2.45) is 0 Å². The molecule has 0 unspecified atom stereocenters. The van der Waals surface area contributed by atoms with E-state index in [1.165, 1.54) is 5.56 Å². The number of fused-ring (bicyclic) bond motifs is 2. The minimum Gasteiger partial charge on any atom is -0.507 e. The van der Waals surface area contributed by atoms with Crippen molar-refractivity contribution in [1.82, 2.24) is 0 Å². The van der Waals surface area contributed by atoms with E-state index in [0.29, 0.717) is 5.56 Å². The van der Waals surface area contributed by atoms with Crippen LogP contribution in [0.25, 0.3) is 28.0 Å². The van der Waals surface area contributed by atoms with Gasteiger partial charge in [-0.3, -0.25) is 0 Å². The van der Waals surface area contributed by atoms with Gasteiger partial charge in [-0.25, -0.2) is 0 Å². The average molecular weight is 302 g/mol. The van der Waals surface area contributed by atoms with Crippen molar-refractivity contribution in [1.29, 1.82) is 0 Å². The van der Waals surface area contributed by atoms with Crippen LogP contribution >= 0.6 is 0 Å². The summed E-state index contributed by atoms with van der Waals surface area (Å²) >= 11 is 0. The number of aryl methyl sites for hydroxylation is 2. The van der Waals surface area contributed by atoms with E-state index in [-0.39, 0.29) is 11.5 Å². The van der Waals surface area contributed by atoms with Gasteiger partial charge in [0.1, 0.15) is 11.5 Å². The minimum atomic E-state index is 0.209. The van der Waals surface area contributed by atoms with Gasteiger partial charge in [0.2, 0.25) is 0 Å². The summed E-state index contributed by atoms with van der Waals surface area (Å²) in [5.74, 6) is 0.439. The van der Waals surface area contributed by atoms with Crippen molar-refractivity contribution in [3.8, 4) is 22.6 Å². The van der Waals surface area contributed by atoms with Crippen LogP contribution in [0.5, 0.6) is 11.5 Å². The van der Waals surface area contributed by atoms with Crippen LogP contribution < -0.4 is 0 Å². The summed E-state index contributed by atoms with van der Waals surface area (Å²) in [5.41, 5.74) is 4.74. The summed E-state index contributed by atoms with van der Waals surface area (Å²) in [7, 11) is 0. The molecule has 0 radical (unpaired) electrons. The molecule has 0 aliphatic heterocycles. The first-order chi connectivity index (χ1) is 11.2. The first kappa shape index (κ1) is 13.9. The fraction of sp³-hybridized carbons (Fsp3) is 0.143. The van der Waals surface area contributed by atoms with Gasteiger partial charge in [0.15, 0.2) is 0 Å². The van der Waals surface area contributed by atoms with Crippen LogP contribution in [0, 0.1) is 6.92 Å². The maximum Gasteiger partial charge on any atom is 0.131 e. The number of hydrogen-bond donors (Lipinski definition) is 2. The molecule has 0 saturated heterocycles. The molecule has 0 spiro atoms. The molecule has 3 aromatic carbocycles. The Kier molecular flexibility index (Phi) is 3.12. The second-order valence-corrected chi connectivity index (χ2v) is 6.11. The molecule has 2 N–H and O–H groups in total. The molecule has 0 aromatic heterocycles. The van der Waals surface area contributed by atoms with Gasteiger partial charge in [-0.05, 0) is 54.0 Å². The zero-order chi connectivity index (χ0) is 16.0. The molecule has 0 bridgehead atoms. The number of allylic oxidation sites excluding steroid dienone is 1. The lowest BCUT2D eigenvalue weighted by Gasteiger charge is -2.19. The molecular formula is C21H18O2. The van der Waals surface area contributed by atoms with E-state index in [1.807, 2.05) is 43.3 Å². The monoisotopic (exact) mass is 302 g/mol. The van der Waals surface area contributed by atoms with Crippen molar-refractivity contribution in [3.05, 3.63) is 65.2 Å². The zero-order valence-electron chi connectivity index (χ0n) is 13.0. The van der Waals surface area contributed by atoms with E-state index >= 15 is 0 Å². The third kappa shape index (κ3) is 2.10. The summed E-state index contributed by atoms with van der Waals surface area (Å²) in [6.07, 6.45) is 6.15. The second-order valence-electron chi connectivity index (χ2n) is 6.11. The highest BCUT2D eigenvalue weighted by molar-refractivity contribution is 5.99. The summed E-state index contributed by atoms with van der Waals surface area (Å²) in [4.78, 5) is 0. The highest BCUT2D eigenvalue weighted by Crippen LogP contribution is 2.44. The number of benzene rings is 3. The third-order valence-electron chi connectivity index (χ3n) is 4.67. The molecule has 2 heteroatoms. The Morgan fingerprint density at radius 1 is 0.957 bits per heavy atom. The van der Waals surface area contributed by atoms with E-state index < -0.39 is 0 Å². The molecule has 0 saturated carbocycles. The van der Waals surface area contributed by atoms with Crippen molar-refractivity contribution < 1.29 is 10.2 Å². The Bertz CT molecular complexity index is 952. The van der Waals surface area contributed by atoms with Gasteiger partial charge in [-0.1, -0.05) is 42.5 Å². The average Bonchev–Trinajstić information content (AvgIpc) is 2.58. The molecule has 0 atom stereocenters. The van der Waals surface area contributed by atoms with Gasteiger partial charge < -0.3 is 10.2 Å². The van der Waals surface area contributed by atoms with Crippen molar-refractivity contribution in [3.63, 3.8) is 0 Å². The lowest BCUT2D eigenvalue weighted by atomic mass is 9.87. The number of phenols is 2. The summed E-state index contributed by atoms with van der Waals surface area (Å²) < 4.78 is 0. The molecule has 3 aromatic rings. The number of aromatic hydroxyl groups is 2. The van der Waals surface area contributed by atoms with Gasteiger partial charge in [0.25, 0.3) is 0 Å². The quantitative estimate of drug-likeness (QED) is 0.649. The largest absolute Gasteiger partial charge is 0.507 e. The van der Waals surface area contributed by atoms with E-state index in [2.05, 4.69) is 12.2 Å². The predicted octanol–water partition coefficient (Wildman–Crippen LogP) is 5.19. The Morgan fingerprint density at radius 3 is 2.57 bits per heavy atom. The third-order valence-corrected chi connectivity index (χ3v) is 4.67. The first-order valence-corrected chi connectivity index (χ1v) is 7.90. The number of phenolic OH excluding ortho intramolecular Hbond substituents is 2. The Morgan fingerprint density at radius 2 is 1.74 bits per heavy atom. The van der Waals surface area contributed by atoms with Gasteiger partial charge in [-0.2, -0.15) is 0 Å². The fourth-order valence-electron chi connectivity index (χ4n) is 3.51. The van der Waals surface area contributed by atoms with Crippen LogP contribution in [-0.4, -0.2) is 10.2 Å². The SMILES string of the molecule is Cc1cc(-c2c(O)ccc3c2C=CCC3)c(O)c2ccccc12. The van der Waals surface area contributed by atoms with Gasteiger partial charge in [0.05, 0.1) is 0 Å². The second kappa shape index (κ2) is 5.17. The van der Waals surface area contributed by atoms with Crippen LogP contribution in [0.2, 0.25) is 0 Å². The topological polar surface area (TPSA) is 40.5 Å². The van der Waals surface area contributed by atoms with E-state index in [0.717, 1.165) is 40.3 Å². The zero-order valence-corrected chi connectivity index (χ0v) is 13.0. The molecule has 0 amide bonds. The lowest BCUT2D eigenvalue weighted by Crippen LogP contribution is -1.98. The standard InChI is InChI=1S/C21H18O2/c1-13-12-18(21(23)17-9-5-4-7-15(13)17)20-16-8-3-2-6-14(16)10-11-19(20)22/h3-5,7-12,22-23H,2,6H2,1H3. The van der Waals surface area contributed by atoms with Gasteiger partial charge in [-0.15, -0.1) is 0 Å². The molecular weight excluding hydrogens is 284 g/mol. The van der Waals surface area contributed by atoms with Crippen LogP contribution in [-0.2, 0) is 6.42 Å². The van der Waals surface area contributed by atoms with Gasteiger partial charge >= 0.3 is 0 Å². The predicted molar refractivity (Wildman–Crippen MR) is 94.8 cm³/mol. The summed E-state index contributed by atoms with van der Waals surface area (Å²) in [6, 6.07) is 13.5. The highest BCUT2D eigenvalue weighted by atomic mass is 16.3. The van der Waals surface area contributed by atoms with Crippen LogP contribution in [0.15, 0.2) is 48.5 Å². The molecule has 0 heterocycles. The van der Waals surface area contributed by atoms with E-state index in [9.17, 15) is 10.2 Å². The fourth-order valence-corrected chi connectivity index (χ4v) is 3.51. The number of hydrogen-bond acceptors (Lipinski definition) is 2. The maximum atomic E-state index is 10.8. The first-order valence-electron chi connectivity index (χ1n) is 7.90. The normalized spacial score (nSPS) is 13.3. The molecule has 0 fully saturated rings. The highest BCUT2D eigenvalue weighted by Gasteiger charge is 2.19. The summed E-state index contributed by atoms with van der Waals surface area (Å²) in [5, 5.41) is 23.1. The molecule has 4 rings (SSSR count). The smallest absolute Gasteiger partial charge is 0.131 e. The molecule has 2 nitrogen and oxygen atoms in total. The Balaban J connectivity index is 2.09. The van der Waals surface area contributed by atoms with Gasteiger partial charge in [0, 0.05) is 16.5 Å². The molecule has 23 heavy (non-hydrogen) atoms. The van der Waals surface area contributed by atoms with Crippen molar-refractivity contribution >= 4 is 16.8 Å².